The maximum Gasteiger partial charge on any atom is 0.349 e. The molecule has 10 heteroatoms. The molecular weight excluding hydrogens is 358 g/mol. The molecule has 0 aliphatic rings. The predicted molar refractivity (Wildman–Crippen MR) is 91.5 cm³/mol. The van der Waals surface area contributed by atoms with Gasteiger partial charge in [0.25, 0.3) is 11.6 Å². The quantitative estimate of drug-likeness (QED) is 0.256. The van der Waals surface area contributed by atoms with Crippen molar-refractivity contribution in [2.45, 2.75) is 0 Å². The number of rotatable bonds is 7. The number of esters is 1. The summed E-state index contributed by atoms with van der Waals surface area (Å²) in [5.41, 5.74) is -0.389. The molecule has 2 rings (SSSR count). The van der Waals surface area contributed by atoms with Crippen molar-refractivity contribution < 1.29 is 28.4 Å². The molecule has 138 valence electrons. The van der Waals surface area contributed by atoms with Crippen LogP contribution in [0.2, 0.25) is 0 Å². The number of ether oxygens (including phenoxy) is 2. The number of nitrogens with one attached hydrogen (secondary N) is 1. The van der Waals surface area contributed by atoms with Crippen LogP contribution in [0.1, 0.15) is 5.76 Å². The Kier molecular flexibility index (Phi) is 6.27. The number of non-ortho nitro benzene ring substituents is 1. The summed E-state index contributed by atoms with van der Waals surface area (Å²) in [6.07, 6.45) is 2.55. The summed E-state index contributed by atoms with van der Waals surface area (Å²) in [6.45, 7) is -0.670. The molecule has 2 aromatic rings. The van der Waals surface area contributed by atoms with E-state index < -0.39 is 23.4 Å². The lowest BCUT2D eigenvalue weighted by Gasteiger charge is -2.10. The average Bonchev–Trinajstić information content (AvgIpc) is 3.17. The zero-order valence-electron chi connectivity index (χ0n) is 14.0. The van der Waals surface area contributed by atoms with Crippen molar-refractivity contribution in [3.8, 4) is 11.8 Å². The molecule has 0 unspecified atom stereocenters. The van der Waals surface area contributed by atoms with Gasteiger partial charge in [0, 0.05) is 12.1 Å². The Morgan fingerprint density at radius 1 is 1.41 bits per heavy atom. The van der Waals surface area contributed by atoms with E-state index in [0.29, 0.717) is 0 Å². The van der Waals surface area contributed by atoms with Gasteiger partial charge in [0.15, 0.2) is 6.61 Å². The fraction of sp³-hybridized carbons (Fsp3) is 0.118. The van der Waals surface area contributed by atoms with Gasteiger partial charge in [-0.05, 0) is 18.2 Å². The van der Waals surface area contributed by atoms with Crippen molar-refractivity contribution in [1.29, 1.82) is 5.26 Å². The molecule has 1 N–H and O–H groups in total. The normalized spacial score (nSPS) is 10.6. The van der Waals surface area contributed by atoms with Crippen LogP contribution in [0, 0.1) is 21.4 Å². The lowest BCUT2D eigenvalue weighted by atomic mass is 10.2. The first-order chi connectivity index (χ1) is 12.9. The fourth-order valence-corrected chi connectivity index (χ4v) is 1.94. The van der Waals surface area contributed by atoms with Crippen LogP contribution in [0.5, 0.6) is 5.75 Å². The Morgan fingerprint density at radius 3 is 2.78 bits per heavy atom. The number of anilines is 1. The molecule has 1 amide bonds. The molecule has 0 spiro atoms. The predicted octanol–water partition coefficient (Wildman–Crippen LogP) is 2.29. The molecule has 10 nitrogen and oxygen atoms in total. The third kappa shape index (κ3) is 5.17. The smallest absolute Gasteiger partial charge is 0.349 e. The van der Waals surface area contributed by atoms with Gasteiger partial charge in [-0.3, -0.25) is 14.9 Å². The average molecular weight is 371 g/mol. The van der Waals surface area contributed by atoms with Crippen LogP contribution in [0.3, 0.4) is 0 Å². The van der Waals surface area contributed by atoms with Crippen molar-refractivity contribution in [2.24, 2.45) is 0 Å². The molecule has 1 heterocycles. The summed E-state index contributed by atoms with van der Waals surface area (Å²) in [4.78, 5) is 33.9. The van der Waals surface area contributed by atoms with E-state index in [4.69, 9.17) is 19.2 Å². The van der Waals surface area contributed by atoms with Crippen molar-refractivity contribution in [3.63, 3.8) is 0 Å². The highest BCUT2D eigenvalue weighted by molar-refractivity contribution is 6.00. The number of methoxy groups -OCH3 is 1. The molecule has 0 aliphatic heterocycles. The molecule has 0 fully saturated rings. The largest absolute Gasteiger partial charge is 0.494 e. The number of benzene rings is 1. The Hall–Kier alpha value is -4.13. The number of carbonyl (C=O) groups excluding carboxylic acids is 2. The summed E-state index contributed by atoms with van der Waals surface area (Å²) in [5.74, 6) is -1.37. The third-order valence-electron chi connectivity index (χ3n) is 3.17. The number of nitriles is 1. The molecule has 1 aromatic heterocycles. The van der Waals surface area contributed by atoms with E-state index in [0.717, 1.165) is 6.07 Å². The molecular formula is C17H13N3O7. The van der Waals surface area contributed by atoms with Crippen molar-refractivity contribution in [1.82, 2.24) is 0 Å². The number of hydrogen-bond donors (Lipinski definition) is 1. The minimum absolute atomic E-state index is 0.0688. The van der Waals surface area contributed by atoms with Gasteiger partial charge >= 0.3 is 5.97 Å². The first-order valence-corrected chi connectivity index (χ1v) is 7.39. The number of amides is 1. The summed E-state index contributed by atoms with van der Waals surface area (Å²) in [5, 5.41) is 22.2. The van der Waals surface area contributed by atoms with Crippen LogP contribution < -0.4 is 10.1 Å². The topological polar surface area (TPSA) is 145 Å². The highest BCUT2D eigenvalue weighted by Gasteiger charge is 2.16. The van der Waals surface area contributed by atoms with Crippen LogP contribution in [0.25, 0.3) is 6.08 Å². The second-order valence-electron chi connectivity index (χ2n) is 4.95. The number of furan rings is 1. The fourth-order valence-electron chi connectivity index (χ4n) is 1.94. The van der Waals surface area contributed by atoms with Gasteiger partial charge in [-0.2, -0.15) is 5.26 Å². The summed E-state index contributed by atoms with van der Waals surface area (Å²) in [6, 6.07) is 8.39. The lowest BCUT2D eigenvalue weighted by Crippen LogP contribution is -2.21. The van der Waals surface area contributed by atoms with Crippen LogP contribution >= 0.6 is 0 Å². The van der Waals surface area contributed by atoms with Crippen molar-refractivity contribution in [2.75, 3.05) is 19.0 Å². The number of nitrogens with zero attached hydrogens (tertiary/aromatic N) is 2. The number of carbonyl (C=O) groups is 2. The van der Waals surface area contributed by atoms with Gasteiger partial charge in [-0.15, -0.1) is 0 Å². The van der Waals surface area contributed by atoms with Crippen LogP contribution in [0.4, 0.5) is 11.4 Å². The molecule has 0 aliphatic carbocycles. The van der Waals surface area contributed by atoms with Gasteiger partial charge in [-0.1, -0.05) is 0 Å². The number of nitro benzene ring substituents is 1. The van der Waals surface area contributed by atoms with E-state index in [2.05, 4.69) is 5.32 Å². The molecule has 0 saturated carbocycles. The van der Waals surface area contributed by atoms with Gasteiger partial charge in [0.05, 0.1) is 30.1 Å². The Labute approximate surface area is 152 Å². The Balaban J connectivity index is 1.99. The van der Waals surface area contributed by atoms with Crippen LogP contribution in [-0.4, -0.2) is 30.5 Å². The van der Waals surface area contributed by atoms with E-state index in [9.17, 15) is 19.7 Å². The van der Waals surface area contributed by atoms with E-state index in [-0.39, 0.29) is 28.5 Å². The maximum atomic E-state index is 11.9. The van der Waals surface area contributed by atoms with Crippen molar-refractivity contribution >= 4 is 29.3 Å². The monoisotopic (exact) mass is 371 g/mol. The summed E-state index contributed by atoms with van der Waals surface area (Å²) in [7, 11) is 1.29. The summed E-state index contributed by atoms with van der Waals surface area (Å²) < 4.78 is 14.8. The zero-order valence-corrected chi connectivity index (χ0v) is 14.0. The number of hydrogen-bond acceptors (Lipinski definition) is 8. The maximum absolute atomic E-state index is 11.9. The first kappa shape index (κ1) is 19.2. The SMILES string of the molecule is COc1cc([N+](=O)[O-])ccc1NC(=O)COC(=O)/C(C#N)=C/c1ccco1. The molecule has 27 heavy (non-hydrogen) atoms. The van der Waals surface area contributed by atoms with Crippen LogP contribution in [-0.2, 0) is 14.3 Å². The van der Waals surface area contributed by atoms with Gasteiger partial charge in [-0.25, -0.2) is 4.79 Å². The van der Waals surface area contributed by atoms with Gasteiger partial charge < -0.3 is 19.2 Å². The third-order valence-corrected chi connectivity index (χ3v) is 3.17. The highest BCUT2D eigenvalue weighted by Crippen LogP contribution is 2.28. The standard InChI is InChI=1S/C17H13N3O7/c1-25-15-8-12(20(23)24)4-5-14(15)19-16(21)10-27-17(22)11(9-18)7-13-3-2-6-26-13/h2-8H,10H2,1H3,(H,19,21)/b11-7+. The molecule has 0 saturated heterocycles. The second kappa shape index (κ2) is 8.82. The highest BCUT2D eigenvalue weighted by atomic mass is 16.6. The Morgan fingerprint density at radius 2 is 2.19 bits per heavy atom. The van der Waals surface area contributed by atoms with E-state index >= 15 is 0 Å². The summed E-state index contributed by atoms with van der Waals surface area (Å²) >= 11 is 0. The second-order valence-corrected chi connectivity index (χ2v) is 4.95. The van der Waals surface area contributed by atoms with Crippen molar-refractivity contribution in [3.05, 3.63) is 58.0 Å². The minimum atomic E-state index is -1.00. The van der Waals surface area contributed by atoms with E-state index in [1.165, 1.54) is 37.6 Å². The van der Waals surface area contributed by atoms with Gasteiger partial charge in [0.1, 0.15) is 23.2 Å². The van der Waals surface area contributed by atoms with Gasteiger partial charge in [0.2, 0.25) is 0 Å². The first-order valence-electron chi connectivity index (χ1n) is 7.39. The molecule has 0 atom stereocenters. The lowest BCUT2D eigenvalue weighted by molar-refractivity contribution is -0.384. The Bertz CT molecular complexity index is 926. The molecule has 0 radical (unpaired) electrons. The molecule has 0 bridgehead atoms. The number of nitro groups is 1. The van der Waals surface area contributed by atoms with E-state index in [1.54, 1.807) is 12.1 Å². The minimum Gasteiger partial charge on any atom is -0.494 e. The van der Waals surface area contributed by atoms with E-state index in [1.807, 2.05) is 0 Å². The van der Waals surface area contributed by atoms with Crippen LogP contribution in [0.15, 0.2) is 46.6 Å². The molecule has 1 aromatic carbocycles. The zero-order chi connectivity index (χ0) is 19.8.